The van der Waals surface area contributed by atoms with Gasteiger partial charge in [-0.3, -0.25) is 4.79 Å². The number of rotatable bonds is 6. The summed E-state index contributed by atoms with van der Waals surface area (Å²) in [4.78, 5) is 10.2. The molecule has 2 N–H and O–H groups in total. The molecule has 1 aromatic rings. The Hall–Kier alpha value is -0.820. The zero-order valence-corrected chi connectivity index (χ0v) is 11.5. The van der Waals surface area contributed by atoms with Crippen LogP contribution in [0.25, 0.3) is 0 Å². The number of hydrogen-bond donors (Lipinski definition) is 2. The molecular weight excluding hydrogens is 301 g/mol. The number of aliphatic carboxylic acids is 1. The first-order valence-corrected chi connectivity index (χ1v) is 7.34. The van der Waals surface area contributed by atoms with Gasteiger partial charge in [-0.25, -0.2) is 8.42 Å². The molecule has 0 amide bonds. The van der Waals surface area contributed by atoms with Crippen LogP contribution >= 0.6 is 23.2 Å². The van der Waals surface area contributed by atoms with Crippen LogP contribution in [0.2, 0.25) is 10.0 Å². The molecule has 0 radical (unpaired) electrons. The minimum absolute atomic E-state index is 0.0285. The van der Waals surface area contributed by atoms with Crippen LogP contribution in [-0.2, 0) is 14.6 Å². The maximum Gasteiger partial charge on any atom is 0.304 e. The van der Waals surface area contributed by atoms with E-state index in [4.69, 9.17) is 28.3 Å². The van der Waals surface area contributed by atoms with Crippen molar-refractivity contribution in [1.82, 2.24) is 5.32 Å². The molecule has 0 bridgehead atoms. The Bertz CT molecular complexity index is 545. The lowest BCUT2D eigenvalue weighted by atomic mass is 10.4. The number of halogens is 2. The maximum absolute atomic E-state index is 11.9. The number of carboxylic acid groups (broad SMARTS) is 1. The first-order chi connectivity index (χ1) is 8.34. The van der Waals surface area contributed by atoms with Crippen molar-refractivity contribution in [3.8, 4) is 0 Å². The average Bonchev–Trinajstić information content (AvgIpc) is 2.28. The number of carboxylic acids is 1. The van der Waals surface area contributed by atoms with Crippen LogP contribution in [0.3, 0.4) is 0 Å². The highest BCUT2D eigenvalue weighted by atomic mass is 35.5. The number of hydrogen-bond acceptors (Lipinski definition) is 4. The molecular formula is C10H11Cl2NO4S. The van der Waals surface area contributed by atoms with Crippen molar-refractivity contribution in [1.29, 1.82) is 0 Å². The van der Waals surface area contributed by atoms with E-state index in [2.05, 4.69) is 5.32 Å². The van der Waals surface area contributed by atoms with Crippen LogP contribution in [0.15, 0.2) is 23.1 Å². The van der Waals surface area contributed by atoms with Crippen molar-refractivity contribution in [2.24, 2.45) is 0 Å². The van der Waals surface area contributed by atoms with E-state index in [1.54, 1.807) is 0 Å². The van der Waals surface area contributed by atoms with E-state index in [0.717, 1.165) is 0 Å². The molecule has 0 aliphatic carbocycles. The second kappa shape index (κ2) is 6.38. The summed E-state index contributed by atoms with van der Waals surface area (Å²) in [5, 5.41) is 11.1. The summed E-state index contributed by atoms with van der Waals surface area (Å²) in [7, 11) is -3.63. The van der Waals surface area contributed by atoms with Crippen molar-refractivity contribution in [3.63, 3.8) is 0 Å². The van der Waals surface area contributed by atoms with Crippen molar-refractivity contribution in [2.75, 3.05) is 12.4 Å². The third kappa shape index (κ3) is 4.13. The molecule has 0 aliphatic rings. The monoisotopic (exact) mass is 311 g/mol. The van der Waals surface area contributed by atoms with Crippen molar-refractivity contribution in [2.45, 2.75) is 11.3 Å². The van der Waals surface area contributed by atoms with Crippen LogP contribution in [0, 0.1) is 0 Å². The van der Waals surface area contributed by atoms with Crippen molar-refractivity contribution >= 4 is 39.0 Å². The normalized spacial score (nSPS) is 11.4. The molecule has 18 heavy (non-hydrogen) atoms. The Morgan fingerprint density at radius 2 is 2.00 bits per heavy atom. The molecule has 1 rings (SSSR count). The fourth-order valence-corrected chi connectivity index (χ4v) is 3.15. The lowest BCUT2D eigenvalue weighted by molar-refractivity contribution is -0.136. The minimum Gasteiger partial charge on any atom is -0.481 e. The lowest BCUT2D eigenvalue weighted by Crippen LogP contribution is -2.25. The summed E-state index contributed by atoms with van der Waals surface area (Å²) >= 11 is 11.5. The Balaban J connectivity index is 2.75. The lowest BCUT2D eigenvalue weighted by Gasteiger charge is -2.08. The van der Waals surface area contributed by atoms with Crippen molar-refractivity contribution in [3.05, 3.63) is 28.2 Å². The van der Waals surface area contributed by atoms with E-state index in [0.29, 0.717) is 0 Å². The number of carbonyl (C=O) groups is 1. The Kier molecular flexibility index (Phi) is 5.40. The predicted octanol–water partition coefficient (Wildman–Crippen LogP) is 1.79. The maximum atomic E-state index is 11.9. The summed E-state index contributed by atoms with van der Waals surface area (Å²) in [5.74, 6) is -1.39. The van der Waals surface area contributed by atoms with Gasteiger partial charge < -0.3 is 10.4 Å². The number of benzene rings is 1. The van der Waals surface area contributed by atoms with Gasteiger partial charge in [-0.2, -0.15) is 0 Å². The highest BCUT2D eigenvalue weighted by molar-refractivity contribution is 7.91. The molecule has 0 atom stereocenters. The van der Waals surface area contributed by atoms with E-state index >= 15 is 0 Å². The van der Waals surface area contributed by atoms with E-state index < -0.39 is 15.8 Å². The van der Waals surface area contributed by atoms with Gasteiger partial charge >= 0.3 is 5.97 Å². The molecule has 0 aliphatic heterocycles. The molecule has 1 aromatic carbocycles. The highest BCUT2D eigenvalue weighted by Gasteiger charge is 2.19. The fourth-order valence-electron chi connectivity index (χ4n) is 1.20. The first kappa shape index (κ1) is 15.2. The Morgan fingerprint density at radius 1 is 1.33 bits per heavy atom. The Labute approximate surface area is 115 Å². The summed E-state index contributed by atoms with van der Waals surface area (Å²) < 4.78 is 23.8. The van der Waals surface area contributed by atoms with Gasteiger partial charge in [0.1, 0.15) is 5.88 Å². The molecule has 0 saturated heterocycles. The molecule has 5 nitrogen and oxygen atoms in total. The molecule has 0 saturated carbocycles. The molecule has 100 valence electrons. The second-order valence-corrected chi connectivity index (χ2v) is 6.20. The average molecular weight is 312 g/mol. The third-order valence-electron chi connectivity index (χ3n) is 2.06. The SMILES string of the molecule is O=C(O)CCNCS(=O)(=O)c1cccc(Cl)c1Cl. The molecule has 0 heterocycles. The van der Waals surface area contributed by atoms with Crippen LogP contribution in [0.1, 0.15) is 6.42 Å². The zero-order chi connectivity index (χ0) is 13.8. The van der Waals surface area contributed by atoms with Crippen molar-refractivity contribution < 1.29 is 18.3 Å². The van der Waals surface area contributed by atoms with Gasteiger partial charge in [-0.05, 0) is 12.1 Å². The topological polar surface area (TPSA) is 83.5 Å². The Morgan fingerprint density at radius 3 is 2.61 bits per heavy atom. The molecule has 0 unspecified atom stereocenters. The van der Waals surface area contributed by atoms with Gasteiger partial charge in [0.2, 0.25) is 0 Å². The van der Waals surface area contributed by atoms with E-state index in [1.165, 1.54) is 18.2 Å². The predicted molar refractivity (Wildman–Crippen MR) is 68.8 cm³/mol. The number of nitrogens with one attached hydrogen (secondary N) is 1. The van der Waals surface area contributed by atoms with E-state index in [-0.39, 0.29) is 33.8 Å². The van der Waals surface area contributed by atoms with Crippen LogP contribution in [0.5, 0.6) is 0 Å². The van der Waals surface area contributed by atoms with Crippen LogP contribution in [-0.4, -0.2) is 31.9 Å². The summed E-state index contributed by atoms with van der Waals surface area (Å²) in [5.41, 5.74) is 0. The standard InChI is InChI=1S/C10H11Cl2NO4S/c11-7-2-1-3-8(10(7)12)18(16,17)6-13-5-4-9(14)15/h1-3,13H,4-6H2,(H,14,15). The quantitative estimate of drug-likeness (QED) is 0.783. The molecule has 0 aromatic heterocycles. The van der Waals surface area contributed by atoms with Gasteiger partial charge in [0, 0.05) is 6.54 Å². The van der Waals surface area contributed by atoms with Gasteiger partial charge in [0.05, 0.1) is 21.4 Å². The van der Waals surface area contributed by atoms with Gasteiger partial charge in [0.15, 0.2) is 9.84 Å². The molecule has 0 fully saturated rings. The van der Waals surface area contributed by atoms with E-state index in [1.807, 2.05) is 0 Å². The molecule has 0 spiro atoms. The van der Waals surface area contributed by atoms with Crippen LogP contribution in [0.4, 0.5) is 0 Å². The van der Waals surface area contributed by atoms with Gasteiger partial charge in [0.25, 0.3) is 0 Å². The summed E-state index contributed by atoms with van der Waals surface area (Å²) in [6.07, 6.45) is -0.154. The van der Waals surface area contributed by atoms with Gasteiger partial charge in [-0.1, -0.05) is 29.3 Å². The zero-order valence-electron chi connectivity index (χ0n) is 9.19. The summed E-state index contributed by atoms with van der Waals surface area (Å²) in [6, 6.07) is 4.32. The smallest absolute Gasteiger partial charge is 0.304 e. The highest BCUT2D eigenvalue weighted by Crippen LogP contribution is 2.29. The summed E-state index contributed by atoms with van der Waals surface area (Å²) in [6.45, 7) is 0.0623. The largest absolute Gasteiger partial charge is 0.481 e. The fraction of sp³-hybridized carbons (Fsp3) is 0.300. The van der Waals surface area contributed by atoms with Crippen LogP contribution < -0.4 is 5.32 Å². The minimum atomic E-state index is -3.63. The molecule has 8 heteroatoms. The second-order valence-electron chi connectivity index (χ2n) is 3.45. The third-order valence-corrected chi connectivity index (χ3v) is 4.58. The van der Waals surface area contributed by atoms with E-state index in [9.17, 15) is 13.2 Å². The van der Waals surface area contributed by atoms with Gasteiger partial charge in [-0.15, -0.1) is 0 Å². The number of sulfone groups is 1. The first-order valence-electron chi connectivity index (χ1n) is 4.94.